The molecule has 0 bridgehead atoms. The average Bonchev–Trinajstić information content (AvgIpc) is 2.60. The van der Waals surface area contributed by atoms with Crippen LogP contribution >= 0.6 is 0 Å². The fourth-order valence-corrected chi connectivity index (χ4v) is 1.58. The van der Waals surface area contributed by atoms with E-state index in [1.807, 2.05) is 4.57 Å². The maximum atomic E-state index is 5.74. The van der Waals surface area contributed by atoms with Gasteiger partial charge in [-0.1, -0.05) is 13.8 Å². The van der Waals surface area contributed by atoms with Crippen molar-refractivity contribution in [1.82, 2.24) is 19.5 Å². The second-order valence-corrected chi connectivity index (χ2v) is 4.28. The Morgan fingerprint density at radius 2 is 1.88 bits per heavy atom. The van der Waals surface area contributed by atoms with E-state index in [4.69, 9.17) is 11.5 Å². The molecule has 86 valence electrons. The molecule has 0 amide bonds. The van der Waals surface area contributed by atoms with Crippen molar-refractivity contribution in [2.75, 3.05) is 11.5 Å². The van der Waals surface area contributed by atoms with Crippen LogP contribution in [-0.2, 0) is 0 Å². The second kappa shape index (κ2) is 3.62. The summed E-state index contributed by atoms with van der Waals surface area (Å²) in [5.74, 6) is 0.995. The summed E-state index contributed by atoms with van der Waals surface area (Å²) in [5.41, 5.74) is 12.6. The molecule has 0 aliphatic heterocycles. The van der Waals surface area contributed by atoms with Gasteiger partial charge in [0.05, 0.1) is 6.33 Å². The van der Waals surface area contributed by atoms with Crippen LogP contribution < -0.4 is 11.5 Å². The Kier molecular flexibility index (Phi) is 2.41. The van der Waals surface area contributed by atoms with Gasteiger partial charge in [0.1, 0.15) is 5.52 Å². The van der Waals surface area contributed by atoms with Gasteiger partial charge < -0.3 is 16.0 Å². The maximum Gasteiger partial charge on any atom is 0.224 e. The monoisotopic (exact) mass is 220 g/mol. The van der Waals surface area contributed by atoms with Gasteiger partial charge in [-0.05, 0) is 12.8 Å². The average molecular weight is 220 g/mol. The Morgan fingerprint density at radius 1 is 1.19 bits per heavy atom. The molecule has 0 aliphatic carbocycles. The van der Waals surface area contributed by atoms with Crippen molar-refractivity contribution >= 4 is 22.9 Å². The van der Waals surface area contributed by atoms with E-state index in [0.717, 1.165) is 0 Å². The SMILES string of the molecule is CC(C)C(C)n1cnc2c(N)nc(N)nc21. The van der Waals surface area contributed by atoms with Crippen LogP contribution in [0.4, 0.5) is 11.8 Å². The summed E-state index contributed by atoms with van der Waals surface area (Å²) in [6.07, 6.45) is 1.74. The fraction of sp³-hybridized carbons (Fsp3) is 0.500. The standard InChI is InChI=1S/C10H16N6/c1-5(2)6(3)16-4-13-7-8(11)14-10(12)15-9(7)16/h4-6H,1-3H3,(H4,11,12,14,15). The molecule has 6 nitrogen and oxygen atoms in total. The molecular formula is C10H16N6. The number of imidazole rings is 1. The first-order valence-corrected chi connectivity index (χ1v) is 5.26. The lowest BCUT2D eigenvalue weighted by molar-refractivity contribution is 0.415. The number of aromatic nitrogens is 4. The van der Waals surface area contributed by atoms with E-state index in [-0.39, 0.29) is 5.95 Å². The van der Waals surface area contributed by atoms with E-state index in [1.54, 1.807) is 6.33 Å². The first-order chi connectivity index (χ1) is 7.50. The third kappa shape index (κ3) is 1.56. The van der Waals surface area contributed by atoms with Crippen LogP contribution in [0.1, 0.15) is 26.8 Å². The summed E-state index contributed by atoms with van der Waals surface area (Å²) in [6.45, 7) is 6.40. The molecular weight excluding hydrogens is 204 g/mol. The molecule has 6 heteroatoms. The Labute approximate surface area is 93.7 Å². The topological polar surface area (TPSA) is 95.6 Å². The lowest BCUT2D eigenvalue weighted by atomic mass is 10.1. The minimum atomic E-state index is 0.183. The van der Waals surface area contributed by atoms with Gasteiger partial charge in [-0.15, -0.1) is 0 Å². The molecule has 0 aromatic carbocycles. The molecule has 0 fully saturated rings. The number of nitrogen functional groups attached to an aromatic ring is 2. The number of nitrogens with zero attached hydrogens (tertiary/aromatic N) is 4. The van der Waals surface area contributed by atoms with Crippen molar-refractivity contribution < 1.29 is 0 Å². The maximum absolute atomic E-state index is 5.74. The van der Waals surface area contributed by atoms with Crippen LogP contribution in [0.15, 0.2) is 6.33 Å². The minimum absolute atomic E-state index is 0.183. The largest absolute Gasteiger partial charge is 0.382 e. The zero-order chi connectivity index (χ0) is 11.9. The highest BCUT2D eigenvalue weighted by atomic mass is 15.2. The Bertz CT molecular complexity index is 515. The predicted octanol–water partition coefficient (Wildman–Crippen LogP) is 1.21. The van der Waals surface area contributed by atoms with Crippen LogP contribution in [0.25, 0.3) is 11.2 Å². The molecule has 4 N–H and O–H groups in total. The van der Waals surface area contributed by atoms with Crippen molar-refractivity contribution in [3.8, 4) is 0 Å². The van der Waals surface area contributed by atoms with Crippen LogP contribution in [0.3, 0.4) is 0 Å². The van der Waals surface area contributed by atoms with Crippen molar-refractivity contribution in [2.45, 2.75) is 26.8 Å². The first kappa shape index (κ1) is 10.7. The quantitative estimate of drug-likeness (QED) is 0.793. The number of fused-ring (bicyclic) bond motifs is 1. The Hall–Kier alpha value is -1.85. The predicted molar refractivity (Wildman–Crippen MR) is 63.7 cm³/mol. The summed E-state index contributed by atoms with van der Waals surface area (Å²) < 4.78 is 1.98. The van der Waals surface area contributed by atoms with Crippen LogP contribution in [0.2, 0.25) is 0 Å². The number of anilines is 2. The minimum Gasteiger partial charge on any atom is -0.382 e. The molecule has 2 aromatic heterocycles. The molecule has 1 atom stereocenters. The number of hydrogen-bond acceptors (Lipinski definition) is 5. The van der Waals surface area contributed by atoms with Gasteiger partial charge in [0, 0.05) is 6.04 Å². The molecule has 0 saturated heterocycles. The van der Waals surface area contributed by atoms with Crippen molar-refractivity contribution in [3.63, 3.8) is 0 Å². The van der Waals surface area contributed by atoms with Gasteiger partial charge in [-0.2, -0.15) is 9.97 Å². The van der Waals surface area contributed by atoms with Crippen molar-refractivity contribution in [2.24, 2.45) is 5.92 Å². The van der Waals surface area contributed by atoms with E-state index in [1.165, 1.54) is 0 Å². The summed E-state index contributed by atoms with van der Waals surface area (Å²) in [4.78, 5) is 12.3. The van der Waals surface area contributed by atoms with Crippen LogP contribution in [0.5, 0.6) is 0 Å². The lowest BCUT2D eigenvalue weighted by Gasteiger charge is -2.17. The molecule has 0 aliphatic rings. The summed E-state index contributed by atoms with van der Waals surface area (Å²) >= 11 is 0. The molecule has 0 radical (unpaired) electrons. The lowest BCUT2D eigenvalue weighted by Crippen LogP contribution is -2.11. The van der Waals surface area contributed by atoms with E-state index < -0.39 is 0 Å². The second-order valence-electron chi connectivity index (χ2n) is 4.28. The Morgan fingerprint density at radius 3 is 2.50 bits per heavy atom. The van der Waals surface area contributed by atoms with Gasteiger partial charge in [0.15, 0.2) is 11.5 Å². The highest BCUT2D eigenvalue weighted by molar-refractivity contribution is 5.82. The fourth-order valence-electron chi connectivity index (χ4n) is 1.58. The van der Waals surface area contributed by atoms with Crippen LogP contribution in [0, 0.1) is 5.92 Å². The van der Waals surface area contributed by atoms with Crippen molar-refractivity contribution in [1.29, 1.82) is 0 Å². The van der Waals surface area contributed by atoms with Gasteiger partial charge in [-0.25, -0.2) is 4.98 Å². The van der Waals surface area contributed by atoms with E-state index in [9.17, 15) is 0 Å². The molecule has 2 aromatic rings. The zero-order valence-corrected chi connectivity index (χ0v) is 9.68. The van der Waals surface area contributed by atoms with Crippen molar-refractivity contribution in [3.05, 3.63) is 6.33 Å². The first-order valence-electron chi connectivity index (χ1n) is 5.26. The molecule has 16 heavy (non-hydrogen) atoms. The molecule has 2 rings (SSSR count). The number of rotatable bonds is 2. The molecule has 0 saturated carbocycles. The van der Waals surface area contributed by atoms with E-state index >= 15 is 0 Å². The normalized spacial score (nSPS) is 13.5. The molecule has 2 heterocycles. The molecule has 0 spiro atoms. The van der Waals surface area contributed by atoms with Gasteiger partial charge in [-0.3, -0.25) is 0 Å². The summed E-state index contributed by atoms with van der Waals surface area (Å²) in [5, 5.41) is 0. The van der Waals surface area contributed by atoms with Gasteiger partial charge in [0.2, 0.25) is 5.95 Å². The van der Waals surface area contributed by atoms with Gasteiger partial charge in [0.25, 0.3) is 0 Å². The third-order valence-electron chi connectivity index (χ3n) is 2.87. The Balaban J connectivity index is 2.64. The van der Waals surface area contributed by atoms with E-state index in [2.05, 4.69) is 35.7 Å². The highest BCUT2D eigenvalue weighted by Gasteiger charge is 2.16. The van der Waals surface area contributed by atoms with E-state index in [0.29, 0.717) is 28.9 Å². The summed E-state index contributed by atoms with van der Waals surface area (Å²) in [6, 6.07) is 0.290. The smallest absolute Gasteiger partial charge is 0.224 e. The van der Waals surface area contributed by atoms with Gasteiger partial charge >= 0.3 is 0 Å². The number of hydrogen-bond donors (Lipinski definition) is 2. The third-order valence-corrected chi connectivity index (χ3v) is 2.87. The summed E-state index contributed by atoms with van der Waals surface area (Å²) in [7, 11) is 0. The number of nitrogens with two attached hydrogens (primary N) is 2. The highest BCUT2D eigenvalue weighted by Crippen LogP contribution is 2.24. The van der Waals surface area contributed by atoms with Crippen LogP contribution in [-0.4, -0.2) is 19.5 Å². The molecule has 1 unspecified atom stereocenters. The zero-order valence-electron chi connectivity index (χ0n) is 9.68.